The number of pyridine rings is 3. The fraction of sp³-hybridized carbons (Fsp3) is 0.368. The average molecular weight is 719 g/mol. The van der Waals surface area contributed by atoms with Gasteiger partial charge < -0.3 is 19.9 Å². The number of ether oxygens (including phenoxy) is 1. The first-order valence-corrected chi connectivity index (χ1v) is 17.9. The molecule has 272 valence electrons. The van der Waals surface area contributed by atoms with Crippen molar-refractivity contribution in [2.45, 2.75) is 63.8 Å². The van der Waals surface area contributed by atoms with Crippen molar-refractivity contribution in [1.29, 1.82) is 0 Å². The highest BCUT2D eigenvalue weighted by Crippen LogP contribution is 2.33. The third-order valence-corrected chi connectivity index (χ3v) is 10.5. The molecule has 15 heteroatoms. The number of hydrogen-bond acceptors (Lipinski definition) is 11. The van der Waals surface area contributed by atoms with Gasteiger partial charge in [-0.2, -0.15) is 0 Å². The molecule has 3 aliphatic heterocycles. The Labute approximate surface area is 303 Å². The lowest BCUT2D eigenvalue weighted by Gasteiger charge is -2.36. The van der Waals surface area contributed by atoms with Crippen LogP contribution in [-0.2, 0) is 22.6 Å². The minimum atomic E-state index is -1.03. The number of fused-ring (bicyclic) bond motifs is 2. The number of H-pyrrole nitrogens is 1. The maximum atomic E-state index is 13.1. The van der Waals surface area contributed by atoms with Gasteiger partial charge in [-0.1, -0.05) is 6.92 Å². The molecule has 0 radical (unpaired) electrons. The second-order valence-electron chi connectivity index (χ2n) is 14.0. The van der Waals surface area contributed by atoms with Crippen molar-refractivity contribution in [3.05, 3.63) is 93.2 Å². The smallest absolute Gasteiger partial charge is 0.270 e. The molecule has 3 fully saturated rings. The monoisotopic (exact) mass is 718 g/mol. The molecule has 3 N–H and O–H groups in total. The number of nitrogens with zero attached hydrogens (tertiary/aromatic N) is 5. The van der Waals surface area contributed by atoms with E-state index in [0.717, 1.165) is 65.5 Å². The van der Waals surface area contributed by atoms with Crippen LogP contribution in [0.4, 0.5) is 5.69 Å². The summed E-state index contributed by atoms with van der Waals surface area (Å²) in [6.45, 7) is 5.99. The number of hydrogen-bond donors (Lipinski definition) is 3. The van der Waals surface area contributed by atoms with Crippen LogP contribution in [0.2, 0.25) is 0 Å². The van der Waals surface area contributed by atoms with E-state index in [1.165, 1.54) is 12.1 Å². The molecule has 0 spiro atoms. The van der Waals surface area contributed by atoms with Crippen LogP contribution in [-0.4, -0.2) is 98.7 Å². The van der Waals surface area contributed by atoms with E-state index in [-0.39, 0.29) is 47.6 Å². The van der Waals surface area contributed by atoms with E-state index in [0.29, 0.717) is 30.7 Å². The van der Waals surface area contributed by atoms with Crippen molar-refractivity contribution >= 4 is 46.3 Å². The van der Waals surface area contributed by atoms with E-state index in [1.54, 1.807) is 18.3 Å². The van der Waals surface area contributed by atoms with E-state index in [4.69, 9.17) is 4.74 Å². The molecule has 4 aromatic rings. The van der Waals surface area contributed by atoms with Crippen molar-refractivity contribution in [2.75, 3.05) is 31.1 Å². The number of nitrogens with one attached hydrogen (secondary N) is 3. The number of aromatic nitrogens is 3. The number of rotatable bonds is 9. The Kier molecular flexibility index (Phi) is 8.94. The maximum Gasteiger partial charge on any atom is 0.270 e. The molecule has 3 aromatic heterocycles. The Morgan fingerprint density at radius 2 is 1.72 bits per heavy atom. The molecule has 53 heavy (non-hydrogen) atoms. The summed E-state index contributed by atoms with van der Waals surface area (Å²) in [5, 5.41) is 5.20. The summed E-state index contributed by atoms with van der Waals surface area (Å²) in [5.41, 5.74) is 4.87. The van der Waals surface area contributed by atoms with E-state index in [1.807, 2.05) is 31.3 Å². The van der Waals surface area contributed by atoms with Crippen LogP contribution < -0.4 is 25.8 Å². The van der Waals surface area contributed by atoms with Gasteiger partial charge in [-0.3, -0.25) is 48.9 Å². The van der Waals surface area contributed by atoms with Gasteiger partial charge in [0.1, 0.15) is 23.6 Å². The molecule has 15 nitrogen and oxygen atoms in total. The predicted molar refractivity (Wildman–Crippen MR) is 191 cm³/mol. The third kappa shape index (κ3) is 6.75. The largest absolute Gasteiger partial charge is 0.490 e. The minimum absolute atomic E-state index is 0.0519. The summed E-state index contributed by atoms with van der Waals surface area (Å²) < 4.78 is 6.05. The molecule has 4 aliphatic rings. The van der Waals surface area contributed by atoms with Gasteiger partial charge >= 0.3 is 0 Å². The second-order valence-corrected chi connectivity index (χ2v) is 14.0. The van der Waals surface area contributed by atoms with Gasteiger partial charge in [0.25, 0.3) is 23.3 Å². The van der Waals surface area contributed by atoms with E-state index >= 15 is 0 Å². The van der Waals surface area contributed by atoms with Gasteiger partial charge in [-0.05, 0) is 60.9 Å². The van der Waals surface area contributed by atoms with Crippen molar-refractivity contribution < 1.29 is 28.7 Å². The van der Waals surface area contributed by atoms with Crippen LogP contribution in [0.25, 0.3) is 11.0 Å². The summed E-state index contributed by atoms with van der Waals surface area (Å²) in [5.74, 6) is -2.10. The summed E-state index contributed by atoms with van der Waals surface area (Å²) >= 11 is 0. The van der Waals surface area contributed by atoms with Crippen molar-refractivity contribution in [2.24, 2.45) is 0 Å². The molecular weight excluding hydrogens is 680 g/mol. The Bertz CT molecular complexity index is 2210. The summed E-state index contributed by atoms with van der Waals surface area (Å²) in [4.78, 5) is 92.6. The topological polar surface area (TPSA) is 187 Å². The Balaban J connectivity index is 0.791. The molecule has 8 rings (SSSR count). The van der Waals surface area contributed by atoms with Crippen molar-refractivity contribution in [3.63, 3.8) is 0 Å². The quantitative estimate of drug-likeness (QED) is 0.215. The number of benzene rings is 1. The molecule has 1 saturated carbocycles. The highest BCUT2D eigenvalue weighted by molar-refractivity contribution is 6.23. The summed E-state index contributed by atoms with van der Waals surface area (Å²) in [6.07, 6.45) is 5.34. The highest BCUT2D eigenvalue weighted by Gasteiger charge is 2.45. The molecule has 5 amide bonds. The number of amides is 5. The number of carbonyl (C=O) groups excluding carboxylic acids is 5. The molecule has 1 aromatic carbocycles. The van der Waals surface area contributed by atoms with E-state index in [9.17, 15) is 28.8 Å². The Morgan fingerprint density at radius 3 is 2.45 bits per heavy atom. The summed E-state index contributed by atoms with van der Waals surface area (Å²) in [7, 11) is 0. The zero-order valence-corrected chi connectivity index (χ0v) is 29.1. The van der Waals surface area contributed by atoms with Crippen molar-refractivity contribution in [1.82, 2.24) is 35.4 Å². The average Bonchev–Trinajstić information content (AvgIpc) is 3.38. The number of piperidine rings is 1. The summed E-state index contributed by atoms with van der Waals surface area (Å²) in [6, 6.07) is 11.0. The number of aromatic amines is 1. The molecule has 1 atom stereocenters. The third-order valence-electron chi connectivity index (χ3n) is 10.5. The Morgan fingerprint density at radius 1 is 0.925 bits per heavy atom. The lowest BCUT2D eigenvalue weighted by atomic mass is 9.89. The number of carbonyl (C=O) groups is 5. The fourth-order valence-corrected chi connectivity index (χ4v) is 7.40. The maximum absolute atomic E-state index is 13.1. The Hall–Kier alpha value is -5.96. The lowest BCUT2D eigenvalue weighted by Crippen LogP contribution is -2.54. The first kappa shape index (κ1) is 34.1. The van der Waals surface area contributed by atoms with Crippen LogP contribution in [0, 0.1) is 0 Å². The standard InChI is InChI=1S/C38H38N8O7/c1-2-22-14-30-31(42-34(22)48)13-21(18-39-30)20-44-9-11-45(12-10-44)24-3-6-29(40-19-24)35(49)41-23-15-26(16-23)53-25-4-5-27-28(17-25)38(52)46(37(27)51)32-7-8-33(47)43-36(32)50/h3-6,13-14,17-19,23,26,32H,2,7-12,15-16,20H2,1H3,(H,41,49)(H,42,48)(H,43,47,50)/t23?,26?,32-/m0/s1. The van der Waals surface area contributed by atoms with Crippen LogP contribution in [0.1, 0.15) is 74.9 Å². The number of aryl methyl sites for hydroxylation is 1. The SMILES string of the molecule is CCc1cc2ncc(CN3CCN(c4ccc(C(=O)NC5CC(Oc6ccc7c(c6)C(=O)N([C@H]6CCC(=O)NC6=O)C7=O)C5)nc4)CC3)cc2[nH]c1=O. The zero-order valence-electron chi connectivity index (χ0n) is 29.1. The molecule has 2 saturated heterocycles. The molecule has 6 heterocycles. The van der Waals surface area contributed by atoms with Gasteiger partial charge in [0.2, 0.25) is 11.8 Å². The van der Waals surface area contributed by atoms with Crippen LogP contribution in [0.3, 0.4) is 0 Å². The number of piperazine rings is 1. The number of imide groups is 2. The van der Waals surface area contributed by atoms with Gasteiger partial charge in [0.05, 0.1) is 34.0 Å². The van der Waals surface area contributed by atoms with E-state index in [2.05, 4.69) is 35.4 Å². The molecule has 0 unspecified atom stereocenters. The van der Waals surface area contributed by atoms with Crippen molar-refractivity contribution in [3.8, 4) is 5.75 Å². The van der Waals surface area contributed by atoms with Crippen LogP contribution in [0.15, 0.2) is 59.7 Å². The molecule has 0 bridgehead atoms. The second kappa shape index (κ2) is 13.9. The van der Waals surface area contributed by atoms with Gasteiger partial charge in [-0.25, -0.2) is 4.98 Å². The van der Waals surface area contributed by atoms with Crippen LogP contribution >= 0.6 is 0 Å². The highest BCUT2D eigenvalue weighted by atomic mass is 16.5. The fourth-order valence-electron chi connectivity index (χ4n) is 7.40. The molecule has 1 aliphatic carbocycles. The molecular formula is C38H38N8O7. The predicted octanol–water partition coefficient (Wildman–Crippen LogP) is 1.94. The van der Waals surface area contributed by atoms with Gasteiger partial charge in [0.15, 0.2) is 0 Å². The number of anilines is 1. The first-order valence-electron chi connectivity index (χ1n) is 17.9. The van der Waals surface area contributed by atoms with E-state index < -0.39 is 29.7 Å². The lowest BCUT2D eigenvalue weighted by molar-refractivity contribution is -0.136. The zero-order chi connectivity index (χ0) is 36.8. The van der Waals surface area contributed by atoms with Crippen LogP contribution in [0.5, 0.6) is 5.75 Å². The van der Waals surface area contributed by atoms with Gasteiger partial charge in [0, 0.05) is 69.8 Å². The minimum Gasteiger partial charge on any atom is -0.490 e. The first-order chi connectivity index (χ1) is 25.6. The van der Waals surface area contributed by atoms with Gasteiger partial charge in [-0.15, -0.1) is 0 Å². The normalized spacial score (nSPS) is 21.7.